The Morgan fingerprint density at radius 1 is 1.19 bits per heavy atom. The number of benzene rings is 1. The lowest BCUT2D eigenvalue weighted by molar-refractivity contribution is -0.148. The number of fused-ring (bicyclic) bond motifs is 1. The summed E-state index contributed by atoms with van der Waals surface area (Å²) in [6.07, 6.45) is 1.97. The largest absolute Gasteiger partial charge is 0.313 e. The molecule has 0 spiro atoms. The Hall–Kier alpha value is -1.72. The van der Waals surface area contributed by atoms with Crippen molar-refractivity contribution in [3.8, 4) is 0 Å². The molecule has 5 heteroatoms. The van der Waals surface area contributed by atoms with E-state index >= 15 is 0 Å². The highest BCUT2D eigenvalue weighted by Gasteiger charge is 2.33. The molecule has 2 aliphatic heterocycles. The van der Waals surface area contributed by atoms with E-state index < -0.39 is 0 Å². The molecule has 2 atom stereocenters. The van der Waals surface area contributed by atoms with Crippen LogP contribution >= 0.6 is 0 Å². The molecule has 21 heavy (non-hydrogen) atoms. The van der Waals surface area contributed by atoms with E-state index in [1.165, 1.54) is 16.0 Å². The first-order valence-corrected chi connectivity index (χ1v) is 7.52. The minimum Gasteiger partial charge on any atom is -0.313 e. The van der Waals surface area contributed by atoms with Gasteiger partial charge in [0.1, 0.15) is 0 Å². The van der Waals surface area contributed by atoms with Gasteiger partial charge in [0.15, 0.2) is 0 Å². The van der Waals surface area contributed by atoms with Gasteiger partial charge in [0.25, 0.3) is 0 Å². The molecule has 0 aromatic heterocycles. The molecule has 2 heterocycles. The Bertz CT molecular complexity index is 558. The van der Waals surface area contributed by atoms with Gasteiger partial charge in [-0.25, -0.2) is 0 Å². The number of nitrogens with zero attached hydrogens (tertiary/aromatic N) is 1. The summed E-state index contributed by atoms with van der Waals surface area (Å²) in [7, 11) is 1.57. The first-order valence-electron chi connectivity index (χ1n) is 7.52. The topological polar surface area (TPSA) is 61.4 Å². The minimum atomic E-state index is -0.260. The molecule has 0 saturated carbocycles. The Morgan fingerprint density at radius 2 is 2.00 bits per heavy atom. The van der Waals surface area contributed by atoms with E-state index in [0.717, 1.165) is 19.5 Å². The van der Waals surface area contributed by atoms with Crippen LogP contribution < -0.4 is 10.6 Å². The number of amides is 2. The van der Waals surface area contributed by atoms with Crippen LogP contribution in [0.1, 0.15) is 36.4 Å². The number of nitrogens with one attached hydrogen (secondary N) is 2. The third-order valence-corrected chi connectivity index (χ3v) is 4.41. The van der Waals surface area contributed by atoms with Crippen molar-refractivity contribution in [3.63, 3.8) is 0 Å². The SMILES string of the molecule is CN1C(=O)CCC(NC2CCNCc3ccccc32)C1=O. The monoisotopic (exact) mass is 287 g/mol. The zero-order chi connectivity index (χ0) is 14.8. The zero-order valence-corrected chi connectivity index (χ0v) is 12.3. The lowest BCUT2D eigenvalue weighted by atomic mass is 9.96. The Kier molecular flexibility index (Phi) is 4.03. The Labute approximate surface area is 124 Å². The third-order valence-electron chi connectivity index (χ3n) is 4.41. The average Bonchev–Trinajstić information content (AvgIpc) is 2.70. The van der Waals surface area contributed by atoms with Crippen molar-refractivity contribution < 1.29 is 9.59 Å². The van der Waals surface area contributed by atoms with E-state index in [1.54, 1.807) is 7.05 Å². The van der Waals surface area contributed by atoms with Crippen molar-refractivity contribution >= 4 is 11.8 Å². The van der Waals surface area contributed by atoms with Crippen molar-refractivity contribution in [2.45, 2.75) is 37.9 Å². The highest BCUT2D eigenvalue weighted by atomic mass is 16.2. The molecule has 0 aliphatic carbocycles. The number of likely N-dealkylation sites (tertiary alicyclic amines) is 1. The van der Waals surface area contributed by atoms with Gasteiger partial charge in [-0.2, -0.15) is 0 Å². The fourth-order valence-electron chi connectivity index (χ4n) is 3.15. The minimum absolute atomic E-state index is 0.0824. The number of rotatable bonds is 2. The molecule has 1 saturated heterocycles. The van der Waals surface area contributed by atoms with Gasteiger partial charge in [0.05, 0.1) is 6.04 Å². The van der Waals surface area contributed by atoms with Crippen LogP contribution in [0.15, 0.2) is 24.3 Å². The van der Waals surface area contributed by atoms with Gasteiger partial charge in [-0.1, -0.05) is 24.3 Å². The molecule has 2 unspecified atom stereocenters. The molecule has 1 fully saturated rings. The maximum absolute atomic E-state index is 12.2. The molecule has 1 aromatic carbocycles. The molecule has 0 bridgehead atoms. The summed E-state index contributed by atoms with van der Waals surface area (Å²) >= 11 is 0. The van der Waals surface area contributed by atoms with Crippen LogP contribution in [0.5, 0.6) is 0 Å². The molecule has 112 valence electrons. The molecule has 0 radical (unpaired) electrons. The predicted molar refractivity (Wildman–Crippen MR) is 79.4 cm³/mol. The van der Waals surface area contributed by atoms with E-state index in [1.807, 2.05) is 12.1 Å². The van der Waals surface area contributed by atoms with Gasteiger partial charge in [0, 0.05) is 26.1 Å². The molecule has 2 N–H and O–H groups in total. The number of likely N-dealkylation sites (N-methyl/N-ethyl adjacent to an activating group) is 1. The maximum atomic E-state index is 12.2. The number of carbonyl (C=O) groups excluding carboxylic acids is 2. The van der Waals surface area contributed by atoms with Crippen molar-refractivity contribution in [2.75, 3.05) is 13.6 Å². The Balaban J connectivity index is 1.78. The van der Waals surface area contributed by atoms with Gasteiger partial charge in [-0.05, 0) is 30.5 Å². The summed E-state index contributed by atoms with van der Waals surface area (Å²) in [5, 5.41) is 6.88. The van der Waals surface area contributed by atoms with Crippen LogP contribution in [0.25, 0.3) is 0 Å². The number of hydrogen-bond donors (Lipinski definition) is 2. The summed E-state index contributed by atoms with van der Waals surface area (Å²) in [6, 6.07) is 8.23. The zero-order valence-electron chi connectivity index (χ0n) is 12.3. The van der Waals surface area contributed by atoms with Crippen LogP contribution in [0.2, 0.25) is 0 Å². The van der Waals surface area contributed by atoms with Crippen molar-refractivity contribution in [1.82, 2.24) is 15.5 Å². The van der Waals surface area contributed by atoms with E-state index in [2.05, 4.69) is 22.8 Å². The second-order valence-electron chi connectivity index (χ2n) is 5.77. The number of imide groups is 1. The van der Waals surface area contributed by atoms with Gasteiger partial charge >= 0.3 is 0 Å². The normalized spacial score (nSPS) is 26.4. The second kappa shape index (κ2) is 5.95. The lowest BCUT2D eigenvalue weighted by Gasteiger charge is -2.31. The molecular formula is C16H21N3O2. The van der Waals surface area contributed by atoms with Gasteiger partial charge in [-0.3, -0.25) is 19.8 Å². The van der Waals surface area contributed by atoms with Crippen molar-refractivity contribution in [2.24, 2.45) is 0 Å². The quantitative estimate of drug-likeness (QED) is 0.795. The summed E-state index contributed by atoms with van der Waals surface area (Å²) in [4.78, 5) is 25.0. The fraction of sp³-hybridized carbons (Fsp3) is 0.500. The molecule has 2 amide bonds. The summed E-state index contributed by atoms with van der Waals surface area (Å²) < 4.78 is 0. The molecule has 2 aliphatic rings. The average molecular weight is 287 g/mol. The fourth-order valence-corrected chi connectivity index (χ4v) is 3.15. The van der Waals surface area contributed by atoms with E-state index in [0.29, 0.717) is 12.8 Å². The predicted octanol–water partition coefficient (Wildman–Crippen LogP) is 0.958. The summed E-state index contributed by atoms with van der Waals surface area (Å²) in [6.45, 7) is 1.79. The van der Waals surface area contributed by atoms with E-state index in [-0.39, 0.29) is 23.9 Å². The van der Waals surface area contributed by atoms with Crippen LogP contribution in [0, 0.1) is 0 Å². The highest BCUT2D eigenvalue weighted by molar-refractivity contribution is 6.00. The number of piperidine rings is 1. The smallest absolute Gasteiger partial charge is 0.246 e. The first kappa shape index (κ1) is 14.2. The standard InChI is InChI=1S/C16H21N3O2/c1-19-15(20)7-6-14(16(19)21)18-13-8-9-17-10-11-4-2-3-5-12(11)13/h2-5,13-14,17-18H,6-10H2,1H3. The van der Waals surface area contributed by atoms with E-state index in [9.17, 15) is 9.59 Å². The Morgan fingerprint density at radius 3 is 2.86 bits per heavy atom. The first-order chi connectivity index (χ1) is 10.2. The van der Waals surface area contributed by atoms with Gasteiger partial charge in [0.2, 0.25) is 11.8 Å². The molecule has 1 aromatic rings. The highest BCUT2D eigenvalue weighted by Crippen LogP contribution is 2.25. The van der Waals surface area contributed by atoms with Crippen molar-refractivity contribution in [3.05, 3.63) is 35.4 Å². The summed E-state index contributed by atoms with van der Waals surface area (Å²) in [5.74, 6) is -0.193. The lowest BCUT2D eigenvalue weighted by Crippen LogP contribution is -2.52. The van der Waals surface area contributed by atoms with Crippen LogP contribution in [-0.2, 0) is 16.1 Å². The third kappa shape index (κ3) is 2.84. The molecule has 3 rings (SSSR count). The van der Waals surface area contributed by atoms with E-state index in [4.69, 9.17) is 0 Å². The van der Waals surface area contributed by atoms with Crippen molar-refractivity contribution in [1.29, 1.82) is 0 Å². The number of carbonyl (C=O) groups is 2. The van der Waals surface area contributed by atoms with Crippen LogP contribution in [0.3, 0.4) is 0 Å². The van der Waals surface area contributed by atoms with Crippen LogP contribution in [-0.4, -0.2) is 36.3 Å². The molecule has 5 nitrogen and oxygen atoms in total. The maximum Gasteiger partial charge on any atom is 0.246 e. The molecular weight excluding hydrogens is 266 g/mol. The van der Waals surface area contributed by atoms with Gasteiger partial charge < -0.3 is 5.32 Å². The van der Waals surface area contributed by atoms with Gasteiger partial charge in [-0.15, -0.1) is 0 Å². The van der Waals surface area contributed by atoms with Crippen LogP contribution in [0.4, 0.5) is 0 Å². The second-order valence-corrected chi connectivity index (χ2v) is 5.77. The summed E-state index contributed by atoms with van der Waals surface area (Å²) in [5.41, 5.74) is 2.54. The number of hydrogen-bond acceptors (Lipinski definition) is 4.